The largest absolute Gasteiger partial charge is 0.340 e. The van der Waals surface area contributed by atoms with E-state index in [9.17, 15) is 0 Å². The van der Waals surface area contributed by atoms with E-state index in [1.165, 1.54) is 180 Å². The van der Waals surface area contributed by atoms with Crippen LogP contribution >= 0.6 is 0 Å². The molecule has 5 N–H and O–H groups in total. The van der Waals surface area contributed by atoms with Crippen LogP contribution in [0.2, 0.25) is 0 Å². The fraction of sp³-hybridized carbons (Fsp3) is 0.386. The van der Waals surface area contributed by atoms with Gasteiger partial charge in [0.2, 0.25) is 0 Å². The number of aromatic amines is 5. The van der Waals surface area contributed by atoms with Gasteiger partial charge in [-0.15, -0.1) is 0 Å². The summed E-state index contributed by atoms with van der Waals surface area (Å²) in [4.78, 5) is 87.9. The van der Waals surface area contributed by atoms with E-state index in [0.717, 1.165) is 261 Å². The average Bonchev–Trinajstić information content (AvgIpc) is 1.07. The molecule has 0 saturated heterocycles. The molecule has 0 aromatic carbocycles. The van der Waals surface area contributed by atoms with E-state index in [4.69, 9.17) is 49.8 Å². The van der Waals surface area contributed by atoms with E-state index >= 15 is 0 Å². The van der Waals surface area contributed by atoms with Crippen LogP contribution in [0.15, 0.2) is 214 Å². The number of rotatable bonds is 25. The summed E-state index contributed by atoms with van der Waals surface area (Å²) in [6, 6.07) is 50.7. The summed E-state index contributed by atoms with van der Waals surface area (Å²) in [5.41, 5.74) is 29.0. The van der Waals surface area contributed by atoms with Crippen LogP contribution in [0.4, 0.5) is 0 Å². The maximum absolute atomic E-state index is 5.03. The molecule has 2 bridgehead atoms. The molecule has 27 rings (SSSR count). The third-order valence-electron chi connectivity index (χ3n) is 30.3. The number of hydrogen-bond acceptors (Lipinski definition) is 20. The third kappa shape index (κ3) is 21.9. The monoisotopic (exact) mass is 1920 g/mol. The first-order valence-electron chi connectivity index (χ1n) is 52.4. The van der Waals surface area contributed by atoms with Crippen molar-refractivity contribution in [1.82, 2.24) is 148 Å². The summed E-state index contributed by atoms with van der Waals surface area (Å²) >= 11 is 0. The van der Waals surface area contributed by atoms with E-state index < -0.39 is 0 Å². The van der Waals surface area contributed by atoms with Crippen LogP contribution in [0.5, 0.6) is 0 Å². The van der Waals surface area contributed by atoms with Crippen molar-refractivity contribution in [2.24, 2.45) is 35.0 Å². The van der Waals surface area contributed by atoms with Crippen LogP contribution < -0.4 is 0 Å². The molecule has 20 aromatic heterocycles. The Bertz CT molecular complexity index is 7570. The fourth-order valence-corrected chi connectivity index (χ4v) is 22.5. The third-order valence-corrected chi connectivity index (χ3v) is 30.3. The lowest BCUT2D eigenvalue weighted by Gasteiger charge is -2.62. The fourth-order valence-electron chi connectivity index (χ4n) is 22.5. The summed E-state index contributed by atoms with van der Waals surface area (Å²) in [6.45, 7) is 10.1. The predicted octanol–water partition coefficient (Wildman–Crippen LogP) is 24.2. The van der Waals surface area contributed by atoms with Gasteiger partial charge in [-0.3, -0.25) is 24.9 Å². The van der Waals surface area contributed by atoms with Crippen LogP contribution in [0, 0.1) is 69.6 Å². The number of pyridine rings is 10. The highest BCUT2D eigenvalue weighted by Gasteiger charge is 2.55. The number of imidazole rings is 5. The van der Waals surface area contributed by atoms with E-state index in [2.05, 4.69) is 106 Å². The Morgan fingerprint density at radius 1 is 0.250 bits per heavy atom. The standard InChI is InChI=1S/C24H28N6.2C23H26N6.C22H22N6.C22H24N6/c1-17-7-6-10-20(27-17)24-23(19-12-14-22-25-16-26-30(22)15-19)28-21(29-24)13-11-18-8-4-2-3-5-9-18;2*1-16-6-5-9-19(26-16)23-22(18-11-13-21-24-15-25-29(21)14-18)27-20(28-23)12-10-17-7-3-2-4-8-17;1-14-3-2-4-17(25-14)21-20(16-5-6-19-23-13-24-28(19)12-16)26-18(27-21)7-8-22-9-15(10-22)11-22;1-15-5-4-8-18(25-15)22-21(17-10-12-20-23-14-24-28(20)13-17)26-19(27-22)11-9-16-6-2-3-7-16/h6-7,10,12,14-16,18H,2-5,8-9,11,13H2,1H3,(H,28,29);2*5-6,9,11,13-15,17H,2-4,7-8,10,12H2,1H3,(H,27,28);2-6,12-13,15H,7-11H2,1H3,(H,26,27);4-5,8,10,12-14,16H,2-3,6-7,9,11H2,1H3,(H,26,27). The van der Waals surface area contributed by atoms with Gasteiger partial charge >= 0.3 is 0 Å². The minimum absolute atomic E-state index is 0.624. The molecule has 30 nitrogen and oxygen atoms in total. The Balaban J connectivity index is 0.000000103. The zero-order valence-corrected chi connectivity index (χ0v) is 83.1. The first-order chi connectivity index (χ1) is 70.7. The SMILES string of the molecule is Cc1cccc(-c2[nH]c(CCC34CC(C3)C4)nc2-c2ccc3ncnn3c2)n1.Cc1cccc(-c2[nH]c(CCC3CCCC3)nc2-c2ccc3ncnn3c2)n1.Cc1cccc(-c2[nH]c(CCC3CCCCC3)nc2-c2ccc3ncnn3c2)n1.Cc1cccc(-c2[nH]c(CCC3CCCCC3)nc2-c2ccc3ncnn3c2)n1.Cc1cccc(-c2[nH]c(CCC3CCCCCC3)nc2-c2ccc3ncnn3c2)n1. The smallest absolute Gasteiger partial charge is 0.155 e. The van der Waals surface area contributed by atoms with E-state index in [1.807, 2.05) is 187 Å². The maximum Gasteiger partial charge on any atom is 0.155 e. The predicted molar refractivity (Wildman–Crippen MR) is 560 cm³/mol. The van der Waals surface area contributed by atoms with Crippen molar-refractivity contribution in [3.8, 4) is 113 Å². The van der Waals surface area contributed by atoms with Crippen molar-refractivity contribution >= 4 is 28.2 Å². The zero-order chi connectivity index (χ0) is 97.2. The minimum Gasteiger partial charge on any atom is -0.340 e. The summed E-state index contributed by atoms with van der Waals surface area (Å²) < 4.78 is 8.95. The van der Waals surface area contributed by atoms with Crippen LogP contribution in [0.3, 0.4) is 0 Å². The van der Waals surface area contributed by atoms with Gasteiger partial charge < -0.3 is 24.9 Å². The Labute approximate surface area is 837 Å². The molecular weight excluding hydrogens is 1790 g/mol. The molecule has 7 aliphatic carbocycles. The molecule has 7 fully saturated rings. The van der Waals surface area contributed by atoms with Gasteiger partial charge in [0.05, 0.1) is 85.4 Å². The second-order valence-corrected chi connectivity index (χ2v) is 40.9. The molecule has 20 aromatic rings. The lowest BCUT2D eigenvalue weighted by molar-refractivity contribution is -0.111. The summed E-state index contributed by atoms with van der Waals surface area (Å²) in [5.74, 6) is 9.60. The van der Waals surface area contributed by atoms with Crippen molar-refractivity contribution < 1.29 is 0 Å². The molecule has 30 heteroatoms. The van der Waals surface area contributed by atoms with E-state index in [0.29, 0.717) is 5.41 Å². The van der Waals surface area contributed by atoms with Gasteiger partial charge in [-0.1, -0.05) is 159 Å². The Hall–Kier alpha value is -15.1. The van der Waals surface area contributed by atoms with Crippen LogP contribution in [0.1, 0.15) is 237 Å². The molecule has 0 amide bonds. The molecular formula is C114H126N30. The lowest BCUT2D eigenvalue weighted by Crippen LogP contribution is -2.51. The minimum atomic E-state index is 0.624. The number of nitrogens with one attached hydrogen (secondary N) is 5. The molecule has 732 valence electrons. The zero-order valence-electron chi connectivity index (χ0n) is 83.1. The number of aromatic nitrogens is 30. The Morgan fingerprint density at radius 3 is 0.681 bits per heavy atom. The topological polar surface area (TPSA) is 359 Å². The van der Waals surface area contributed by atoms with Crippen molar-refractivity contribution in [1.29, 1.82) is 0 Å². The highest BCUT2D eigenvalue weighted by atomic mass is 15.3. The Morgan fingerprint density at radius 2 is 0.465 bits per heavy atom. The van der Waals surface area contributed by atoms with E-state index in [-0.39, 0.29) is 0 Å². The van der Waals surface area contributed by atoms with Crippen LogP contribution in [-0.2, 0) is 32.1 Å². The lowest BCUT2D eigenvalue weighted by atomic mass is 9.43. The second-order valence-electron chi connectivity index (χ2n) is 40.9. The van der Waals surface area contributed by atoms with Gasteiger partial charge in [-0.2, -0.15) is 25.5 Å². The van der Waals surface area contributed by atoms with Gasteiger partial charge in [-0.25, -0.2) is 72.4 Å². The number of hydrogen-bond donors (Lipinski definition) is 5. The van der Waals surface area contributed by atoms with Crippen molar-refractivity contribution in [3.05, 3.63) is 272 Å². The molecule has 0 unspecified atom stereocenters. The summed E-state index contributed by atoms with van der Waals surface area (Å²) in [7, 11) is 0. The number of aryl methyl sites for hydroxylation is 10. The molecule has 7 aliphatic rings. The van der Waals surface area contributed by atoms with Crippen LogP contribution in [0.25, 0.3) is 141 Å². The van der Waals surface area contributed by atoms with Gasteiger partial charge in [0.25, 0.3) is 0 Å². The molecule has 0 atom stereocenters. The first kappa shape index (κ1) is 93.8. The molecule has 20 heterocycles. The average molecular weight is 1920 g/mol. The number of nitrogens with zero attached hydrogens (tertiary/aromatic N) is 25. The van der Waals surface area contributed by atoms with Crippen molar-refractivity contribution in [2.75, 3.05) is 0 Å². The molecule has 0 aliphatic heterocycles. The van der Waals surface area contributed by atoms with Crippen molar-refractivity contribution in [2.45, 2.75) is 247 Å². The Kier molecular flexibility index (Phi) is 28.0. The highest BCUT2D eigenvalue weighted by Crippen LogP contribution is 2.66. The second kappa shape index (κ2) is 43.0. The van der Waals surface area contributed by atoms with Gasteiger partial charge in [-0.05, 0) is 242 Å². The van der Waals surface area contributed by atoms with Crippen molar-refractivity contribution in [3.63, 3.8) is 0 Å². The van der Waals surface area contributed by atoms with Gasteiger partial charge in [0, 0.05) is 119 Å². The van der Waals surface area contributed by atoms with Gasteiger partial charge in [0.1, 0.15) is 60.8 Å². The summed E-state index contributed by atoms with van der Waals surface area (Å²) in [5, 5.41) is 21.4. The molecule has 144 heavy (non-hydrogen) atoms. The number of H-pyrrole nitrogens is 5. The number of fused-ring (bicyclic) bond motifs is 5. The normalized spacial score (nSPS) is 16.7. The molecule has 0 spiro atoms. The summed E-state index contributed by atoms with van der Waals surface area (Å²) in [6.07, 6.45) is 60.6. The van der Waals surface area contributed by atoms with Crippen LogP contribution in [-0.4, -0.2) is 148 Å². The van der Waals surface area contributed by atoms with E-state index in [1.54, 1.807) is 54.2 Å². The first-order valence-corrected chi connectivity index (χ1v) is 52.4. The quantitative estimate of drug-likeness (QED) is 0.0332. The molecule has 0 radical (unpaired) electrons. The maximum atomic E-state index is 5.03. The molecule has 7 saturated carbocycles. The van der Waals surface area contributed by atoms with Gasteiger partial charge in [0.15, 0.2) is 28.2 Å². The highest BCUT2D eigenvalue weighted by molar-refractivity contribution is 5.82.